The number of nitrogens with zero attached hydrogens (tertiary/aromatic N) is 2. The summed E-state index contributed by atoms with van der Waals surface area (Å²) in [7, 11) is -3.25. The number of carbonyl (C=O) groups is 1. The van der Waals surface area contributed by atoms with Crippen molar-refractivity contribution in [2.24, 2.45) is 11.7 Å². The Kier molecular flexibility index (Phi) is 8.26. The van der Waals surface area contributed by atoms with Gasteiger partial charge in [-0.25, -0.2) is 8.42 Å². The third-order valence-electron chi connectivity index (χ3n) is 5.66. The first-order chi connectivity index (χ1) is 16.1. The Hall–Kier alpha value is -2.99. The van der Waals surface area contributed by atoms with Crippen LogP contribution in [0.15, 0.2) is 70.9 Å². The lowest BCUT2D eigenvalue weighted by atomic mass is 9.95. The van der Waals surface area contributed by atoms with E-state index in [1.165, 1.54) is 6.26 Å². The summed E-state index contributed by atoms with van der Waals surface area (Å²) in [6, 6.07) is 20.0. The third kappa shape index (κ3) is 6.11. The summed E-state index contributed by atoms with van der Waals surface area (Å²) in [4.78, 5) is 15.6. The van der Waals surface area contributed by atoms with Gasteiger partial charge in [0.2, 0.25) is 5.91 Å². The molecule has 34 heavy (non-hydrogen) atoms. The molecule has 0 aliphatic carbocycles. The van der Waals surface area contributed by atoms with Gasteiger partial charge >= 0.3 is 0 Å². The van der Waals surface area contributed by atoms with Gasteiger partial charge in [-0.05, 0) is 52.6 Å². The highest BCUT2D eigenvalue weighted by Gasteiger charge is 2.33. The molecule has 1 aromatic heterocycles. The van der Waals surface area contributed by atoms with Crippen LogP contribution in [-0.2, 0) is 14.6 Å². The largest absolute Gasteiger partial charge is 0.368 e. The molecular formula is C26H29N3O3S2. The van der Waals surface area contributed by atoms with Crippen LogP contribution in [0.2, 0.25) is 0 Å². The van der Waals surface area contributed by atoms with Crippen LogP contribution in [0.5, 0.6) is 0 Å². The Balaban J connectivity index is 2.01. The summed E-state index contributed by atoms with van der Waals surface area (Å²) in [5.74, 6) is -0.201. The zero-order valence-corrected chi connectivity index (χ0v) is 21.1. The number of rotatable bonds is 10. The van der Waals surface area contributed by atoms with Gasteiger partial charge in [0, 0.05) is 11.1 Å². The molecule has 1 heterocycles. The first-order valence-corrected chi connectivity index (χ1v) is 13.7. The molecule has 0 saturated heterocycles. The average Bonchev–Trinajstić information content (AvgIpc) is 3.31. The van der Waals surface area contributed by atoms with E-state index in [0.29, 0.717) is 6.42 Å². The minimum atomic E-state index is -3.25. The van der Waals surface area contributed by atoms with E-state index in [0.717, 1.165) is 21.6 Å². The summed E-state index contributed by atoms with van der Waals surface area (Å²) in [6.45, 7) is 4.13. The number of benzene rings is 2. The van der Waals surface area contributed by atoms with Crippen LogP contribution in [0.3, 0.4) is 0 Å². The van der Waals surface area contributed by atoms with E-state index in [2.05, 4.69) is 6.07 Å². The molecule has 0 bridgehead atoms. The second-order valence-corrected chi connectivity index (χ2v) is 11.7. The van der Waals surface area contributed by atoms with Crippen molar-refractivity contribution in [2.75, 3.05) is 12.8 Å². The molecule has 6 nitrogen and oxygen atoms in total. The minimum Gasteiger partial charge on any atom is -0.368 e. The monoisotopic (exact) mass is 495 g/mol. The topological polar surface area (TPSA) is 104 Å². The Labute approximate surface area is 205 Å². The molecule has 0 unspecified atom stereocenters. The minimum absolute atomic E-state index is 0.0671. The molecule has 178 valence electrons. The fourth-order valence-corrected chi connectivity index (χ4v) is 5.55. The van der Waals surface area contributed by atoms with Crippen molar-refractivity contribution in [2.45, 2.75) is 37.2 Å². The van der Waals surface area contributed by atoms with Gasteiger partial charge in [-0.3, -0.25) is 9.69 Å². The zero-order valence-electron chi connectivity index (χ0n) is 19.5. The Morgan fingerprint density at radius 1 is 1.06 bits per heavy atom. The molecule has 2 atom stereocenters. The van der Waals surface area contributed by atoms with E-state index < -0.39 is 21.8 Å². The van der Waals surface area contributed by atoms with Crippen LogP contribution in [0.1, 0.15) is 36.8 Å². The number of hydrogen-bond acceptors (Lipinski definition) is 6. The number of primary amides is 1. The molecule has 0 radical (unpaired) electrons. The lowest BCUT2D eigenvalue weighted by molar-refractivity contribution is -0.124. The van der Waals surface area contributed by atoms with Gasteiger partial charge in [0.1, 0.15) is 0 Å². The van der Waals surface area contributed by atoms with Gasteiger partial charge in [-0.2, -0.15) is 5.26 Å². The number of amides is 1. The molecule has 0 aliphatic heterocycles. The van der Waals surface area contributed by atoms with Crippen molar-refractivity contribution in [3.8, 4) is 17.2 Å². The van der Waals surface area contributed by atoms with Gasteiger partial charge < -0.3 is 5.73 Å². The maximum absolute atomic E-state index is 12.4. The van der Waals surface area contributed by atoms with E-state index >= 15 is 0 Å². The standard InChI is InChI=1S/C26H29N3O3S2/c1-18(2)17-23(26(28)30)29(15-14-27)25(24-5-4-16-33-24)21-8-6-19(7-9-21)20-10-12-22(13-11-20)34(3,31)32/h4-13,16,18,23,25H,15,17H2,1-3H3,(H2,28,30)/t23-,25-/m0/s1. The van der Waals surface area contributed by atoms with Crippen molar-refractivity contribution in [3.63, 3.8) is 0 Å². The van der Waals surface area contributed by atoms with E-state index in [4.69, 9.17) is 5.73 Å². The Morgan fingerprint density at radius 2 is 1.65 bits per heavy atom. The summed E-state index contributed by atoms with van der Waals surface area (Å²) in [6.07, 6.45) is 1.75. The molecule has 3 aromatic rings. The Morgan fingerprint density at radius 3 is 2.09 bits per heavy atom. The van der Waals surface area contributed by atoms with Gasteiger partial charge in [0.15, 0.2) is 9.84 Å². The second-order valence-electron chi connectivity index (χ2n) is 8.71. The van der Waals surface area contributed by atoms with Crippen molar-refractivity contribution < 1.29 is 13.2 Å². The fraction of sp³-hybridized carbons (Fsp3) is 0.308. The molecule has 2 aromatic carbocycles. The van der Waals surface area contributed by atoms with Crippen LogP contribution >= 0.6 is 11.3 Å². The fourth-order valence-electron chi connectivity index (χ4n) is 4.04. The quantitative estimate of drug-likeness (QED) is 0.413. The van der Waals surface area contributed by atoms with Gasteiger partial charge in [0.25, 0.3) is 0 Å². The summed E-state index contributed by atoms with van der Waals surface area (Å²) >= 11 is 1.57. The summed E-state index contributed by atoms with van der Waals surface area (Å²) in [5.41, 5.74) is 8.58. The summed E-state index contributed by atoms with van der Waals surface area (Å²) < 4.78 is 23.5. The highest BCUT2D eigenvalue weighted by molar-refractivity contribution is 7.90. The lowest BCUT2D eigenvalue weighted by Gasteiger charge is -2.35. The lowest BCUT2D eigenvalue weighted by Crippen LogP contribution is -2.47. The molecule has 8 heteroatoms. The van der Waals surface area contributed by atoms with Crippen LogP contribution in [0, 0.1) is 17.2 Å². The first-order valence-electron chi connectivity index (χ1n) is 11.0. The maximum Gasteiger partial charge on any atom is 0.234 e. The third-order valence-corrected chi connectivity index (χ3v) is 7.72. The smallest absolute Gasteiger partial charge is 0.234 e. The van der Waals surface area contributed by atoms with Crippen molar-refractivity contribution in [1.82, 2.24) is 4.90 Å². The van der Waals surface area contributed by atoms with Crippen molar-refractivity contribution in [3.05, 3.63) is 76.5 Å². The number of carbonyl (C=O) groups excluding carboxylic acids is 1. The van der Waals surface area contributed by atoms with Crippen LogP contribution in [0.4, 0.5) is 0 Å². The molecule has 0 saturated carbocycles. The maximum atomic E-state index is 12.4. The van der Waals surface area contributed by atoms with E-state index in [-0.39, 0.29) is 23.4 Å². The van der Waals surface area contributed by atoms with Crippen LogP contribution < -0.4 is 5.73 Å². The molecular weight excluding hydrogens is 466 g/mol. The first kappa shape index (κ1) is 25.6. The molecule has 2 N–H and O–H groups in total. The zero-order chi connectivity index (χ0) is 24.9. The predicted molar refractivity (Wildman–Crippen MR) is 136 cm³/mol. The van der Waals surface area contributed by atoms with E-state index in [9.17, 15) is 18.5 Å². The van der Waals surface area contributed by atoms with Crippen LogP contribution in [-0.4, -0.2) is 38.1 Å². The SMILES string of the molecule is CC(C)C[C@@H](C(N)=O)N(CC#N)[C@@H](c1ccc(-c2ccc(S(C)(=O)=O)cc2)cc1)c1cccs1. The molecule has 1 amide bonds. The number of hydrogen-bond donors (Lipinski definition) is 1. The van der Waals surface area contributed by atoms with Gasteiger partial charge in [-0.1, -0.05) is 56.3 Å². The second kappa shape index (κ2) is 11.0. The Bertz CT molecular complexity index is 1240. The van der Waals surface area contributed by atoms with E-state index in [1.54, 1.807) is 35.6 Å². The number of nitrogens with two attached hydrogens (primary N) is 1. The predicted octanol–water partition coefficient (Wildman–Crippen LogP) is 4.63. The number of thiophene rings is 1. The highest BCUT2D eigenvalue weighted by atomic mass is 32.2. The molecule has 0 aliphatic rings. The van der Waals surface area contributed by atoms with Gasteiger partial charge in [0.05, 0.1) is 29.6 Å². The van der Waals surface area contributed by atoms with Crippen LogP contribution in [0.25, 0.3) is 11.1 Å². The van der Waals surface area contributed by atoms with Crippen molar-refractivity contribution >= 4 is 27.1 Å². The molecule has 3 rings (SSSR count). The van der Waals surface area contributed by atoms with E-state index in [1.807, 2.05) is 60.5 Å². The van der Waals surface area contributed by atoms with Gasteiger partial charge in [-0.15, -0.1) is 11.3 Å². The normalized spacial score (nSPS) is 13.5. The average molecular weight is 496 g/mol. The molecule has 0 spiro atoms. The number of nitriles is 1. The highest BCUT2D eigenvalue weighted by Crippen LogP contribution is 2.35. The van der Waals surface area contributed by atoms with Crippen molar-refractivity contribution in [1.29, 1.82) is 5.26 Å². The summed E-state index contributed by atoms with van der Waals surface area (Å²) in [5, 5.41) is 11.6. The molecule has 0 fully saturated rings. The number of sulfone groups is 1.